The molecule has 0 bridgehead atoms. The zero-order valence-corrected chi connectivity index (χ0v) is 13.7. The van der Waals surface area contributed by atoms with Crippen LogP contribution in [0.25, 0.3) is 0 Å². The fraction of sp³-hybridized carbons (Fsp3) is 0.625. The molecule has 1 aromatic heterocycles. The Morgan fingerprint density at radius 1 is 1.24 bits per heavy atom. The maximum Gasteiger partial charge on any atom is 0.242 e. The minimum absolute atomic E-state index is 0.0820. The van der Waals surface area contributed by atoms with Crippen molar-refractivity contribution in [1.29, 1.82) is 0 Å². The number of hydrogen-bond acceptors (Lipinski definition) is 2. The number of ketones is 1. The molecule has 0 N–H and O–H groups in total. The number of Topliss-reactive ketones (excluding diaryl/α,β-unsaturated/α-hetero) is 1. The Morgan fingerprint density at radius 2 is 1.86 bits per heavy atom. The molecule has 5 heteroatoms. The quantitative estimate of drug-likeness (QED) is 0.634. The monoisotopic (exact) mass is 310 g/mol. The van der Waals surface area contributed by atoms with E-state index in [1.54, 1.807) is 6.92 Å². The van der Waals surface area contributed by atoms with Crippen LogP contribution in [0.4, 0.5) is 0 Å². The molecule has 21 heavy (non-hydrogen) atoms. The first-order valence-corrected chi connectivity index (χ1v) is 7.98. The number of carbonyl (C=O) groups is 2. The largest absolute Gasteiger partial charge is 0.341 e. The predicted octanol–water partition coefficient (Wildman–Crippen LogP) is 2.93. The second-order valence-corrected chi connectivity index (χ2v) is 6.45. The Morgan fingerprint density at radius 3 is 2.43 bits per heavy atom. The van der Waals surface area contributed by atoms with Gasteiger partial charge >= 0.3 is 0 Å². The van der Waals surface area contributed by atoms with Crippen LogP contribution >= 0.6 is 11.6 Å². The number of likely N-dealkylation sites (tertiary alicyclic amines) is 1. The SMILES string of the molecule is Cc1cc(C(=O)C(C)Cl)c(C)n1CC(=O)N1CCCCC1. The van der Waals surface area contributed by atoms with Crippen molar-refractivity contribution < 1.29 is 9.59 Å². The number of carbonyl (C=O) groups excluding carboxylic acids is 2. The van der Waals surface area contributed by atoms with Gasteiger partial charge in [-0.3, -0.25) is 9.59 Å². The number of amides is 1. The molecule has 0 spiro atoms. The maximum atomic E-state index is 12.4. The first-order chi connectivity index (χ1) is 9.91. The van der Waals surface area contributed by atoms with Crippen LogP contribution in [-0.2, 0) is 11.3 Å². The summed E-state index contributed by atoms with van der Waals surface area (Å²) in [4.78, 5) is 26.4. The van der Waals surface area contributed by atoms with E-state index in [4.69, 9.17) is 11.6 Å². The Balaban J connectivity index is 2.16. The van der Waals surface area contributed by atoms with Crippen LogP contribution in [0.2, 0.25) is 0 Å². The third kappa shape index (κ3) is 3.49. The number of halogens is 1. The summed E-state index contributed by atoms with van der Waals surface area (Å²) in [5.41, 5.74) is 2.38. The number of aromatic nitrogens is 1. The molecule has 4 nitrogen and oxygen atoms in total. The Kier molecular flexibility index (Phi) is 5.09. The first-order valence-electron chi connectivity index (χ1n) is 7.54. The molecule has 1 saturated heterocycles. The van der Waals surface area contributed by atoms with Crippen LogP contribution in [-0.4, -0.2) is 39.6 Å². The molecule has 1 unspecified atom stereocenters. The van der Waals surface area contributed by atoms with Crippen molar-refractivity contribution in [1.82, 2.24) is 9.47 Å². The average Bonchev–Trinajstić information content (AvgIpc) is 2.75. The molecular formula is C16H23ClN2O2. The normalized spacial score (nSPS) is 16.9. The fourth-order valence-electron chi connectivity index (χ4n) is 2.89. The minimum Gasteiger partial charge on any atom is -0.341 e. The van der Waals surface area contributed by atoms with E-state index in [1.165, 1.54) is 6.42 Å². The first kappa shape index (κ1) is 16.1. The molecule has 1 aliphatic heterocycles. The maximum absolute atomic E-state index is 12.4. The molecule has 0 radical (unpaired) electrons. The highest BCUT2D eigenvalue weighted by Crippen LogP contribution is 2.19. The molecule has 0 aliphatic carbocycles. The third-order valence-corrected chi connectivity index (χ3v) is 4.40. The van der Waals surface area contributed by atoms with Crippen molar-refractivity contribution in [3.05, 3.63) is 23.0 Å². The van der Waals surface area contributed by atoms with E-state index in [1.807, 2.05) is 29.4 Å². The van der Waals surface area contributed by atoms with Gasteiger partial charge in [0.2, 0.25) is 5.91 Å². The predicted molar refractivity (Wildman–Crippen MR) is 84.0 cm³/mol. The Bertz CT molecular complexity index is 543. The summed E-state index contributed by atoms with van der Waals surface area (Å²) in [6, 6.07) is 1.83. The highest BCUT2D eigenvalue weighted by Gasteiger charge is 2.22. The molecule has 116 valence electrons. The topological polar surface area (TPSA) is 42.3 Å². The lowest BCUT2D eigenvalue weighted by Gasteiger charge is -2.27. The van der Waals surface area contributed by atoms with E-state index in [2.05, 4.69) is 0 Å². The zero-order valence-electron chi connectivity index (χ0n) is 13.0. The van der Waals surface area contributed by atoms with Gasteiger partial charge in [-0.05, 0) is 46.1 Å². The molecule has 1 aliphatic rings. The third-order valence-electron chi connectivity index (χ3n) is 4.20. The van der Waals surface area contributed by atoms with Crippen LogP contribution < -0.4 is 0 Å². The molecular weight excluding hydrogens is 288 g/mol. The number of alkyl halides is 1. The number of hydrogen-bond donors (Lipinski definition) is 0. The summed E-state index contributed by atoms with van der Waals surface area (Å²) in [5, 5.41) is -0.545. The van der Waals surface area contributed by atoms with E-state index >= 15 is 0 Å². The van der Waals surface area contributed by atoms with E-state index in [0.717, 1.165) is 37.3 Å². The van der Waals surface area contributed by atoms with Gasteiger partial charge < -0.3 is 9.47 Å². The van der Waals surface area contributed by atoms with Crippen LogP contribution in [0.15, 0.2) is 6.07 Å². The van der Waals surface area contributed by atoms with Crippen molar-refractivity contribution in [2.45, 2.75) is 52.0 Å². The van der Waals surface area contributed by atoms with Gasteiger partial charge in [0.15, 0.2) is 5.78 Å². The number of rotatable bonds is 4. The van der Waals surface area contributed by atoms with E-state index in [0.29, 0.717) is 12.1 Å². The Hall–Kier alpha value is -1.29. The highest BCUT2D eigenvalue weighted by atomic mass is 35.5. The molecule has 1 atom stereocenters. The lowest BCUT2D eigenvalue weighted by molar-refractivity contribution is -0.132. The van der Waals surface area contributed by atoms with E-state index in [9.17, 15) is 9.59 Å². The summed E-state index contributed by atoms with van der Waals surface area (Å²) in [6.07, 6.45) is 3.38. The standard InChI is InChI=1S/C16H23ClN2O2/c1-11-9-14(16(21)12(2)17)13(3)19(11)10-15(20)18-7-5-4-6-8-18/h9,12H,4-8,10H2,1-3H3. The van der Waals surface area contributed by atoms with Crippen molar-refractivity contribution in [2.75, 3.05) is 13.1 Å². The second kappa shape index (κ2) is 6.65. The summed E-state index contributed by atoms with van der Waals surface area (Å²) in [5.74, 6) is 0.0517. The Labute approximate surface area is 131 Å². The van der Waals surface area contributed by atoms with Crippen LogP contribution in [0, 0.1) is 13.8 Å². The minimum atomic E-state index is -0.545. The van der Waals surface area contributed by atoms with E-state index in [-0.39, 0.29) is 11.7 Å². The van der Waals surface area contributed by atoms with Gasteiger partial charge in [0.25, 0.3) is 0 Å². The van der Waals surface area contributed by atoms with Gasteiger partial charge in [0.1, 0.15) is 6.54 Å². The van der Waals surface area contributed by atoms with Gasteiger partial charge in [-0.15, -0.1) is 11.6 Å². The molecule has 0 saturated carbocycles. The summed E-state index contributed by atoms with van der Waals surface area (Å²) >= 11 is 5.89. The molecule has 1 fully saturated rings. The molecule has 2 heterocycles. The van der Waals surface area contributed by atoms with Crippen molar-refractivity contribution in [3.63, 3.8) is 0 Å². The number of piperidine rings is 1. The molecule has 2 rings (SSSR count). The molecule has 1 amide bonds. The van der Waals surface area contributed by atoms with Gasteiger partial charge in [0, 0.05) is 30.0 Å². The lowest BCUT2D eigenvalue weighted by atomic mass is 10.1. The zero-order chi connectivity index (χ0) is 15.6. The van der Waals surface area contributed by atoms with E-state index < -0.39 is 5.38 Å². The van der Waals surface area contributed by atoms with Crippen LogP contribution in [0.1, 0.15) is 47.9 Å². The van der Waals surface area contributed by atoms with Crippen LogP contribution in [0.5, 0.6) is 0 Å². The molecule has 1 aromatic rings. The fourth-order valence-corrected chi connectivity index (χ4v) is 3.00. The van der Waals surface area contributed by atoms with Gasteiger partial charge in [-0.25, -0.2) is 0 Å². The smallest absolute Gasteiger partial charge is 0.242 e. The van der Waals surface area contributed by atoms with Crippen molar-refractivity contribution >= 4 is 23.3 Å². The van der Waals surface area contributed by atoms with Gasteiger partial charge in [0.05, 0.1) is 5.38 Å². The number of aryl methyl sites for hydroxylation is 1. The lowest BCUT2D eigenvalue weighted by Crippen LogP contribution is -2.38. The highest BCUT2D eigenvalue weighted by molar-refractivity contribution is 6.33. The van der Waals surface area contributed by atoms with Crippen molar-refractivity contribution in [2.24, 2.45) is 0 Å². The average molecular weight is 311 g/mol. The van der Waals surface area contributed by atoms with Gasteiger partial charge in [-0.2, -0.15) is 0 Å². The summed E-state index contributed by atoms with van der Waals surface area (Å²) in [7, 11) is 0. The molecule has 0 aromatic carbocycles. The summed E-state index contributed by atoms with van der Waals surface area (Å²) < 4.78 is 1.92. The van der Waals surface area contributed by atoms with Crippen LogP contribution in [0.3, 0.4) is 0 Å². The number of nitrogens with zero attached hydrogens (tertiary/aromatic N) is 2. The van der Waals surface area contributed by atoms with Crippen molar-refractivity contribution in [3.8, 4) is 0 Å². The summed E-state index contributed by atoms with van der Waals surface area (Å²) in [6.45, 7) is 7.48. The van der Waals surface area contributed by atoms with Gasteiger partial charge in [-0.1, -0.05) is 0 Å². The second-order valence-electron chi connectivity index (χ2n) is 5.79.